The van der Waals surface area contributed by atoms with E-state index >= 15 is 0 Å². The number of nitrogens with one attached hydrogen (secondary N) is 1. The van der Waals surface area contributed by atoms with Crippen molar-refractivity contribution in [3.05, 3.63) is 59.9 Å². The predicted molar refractivity (Wildman–Crippen MR) is 86.3 cm³/mol. The molecular weight excluding hydrogens is 258 g/mol. The number of hydrogen-bond acceptors (Lipinski definition) is 2. The third-order valence-electron chi connectivity index (χ3n) is 4.08. The summed E-state index contributed by atoms with van der Waals surface area (Å²) in [5.41, 5.74) is 6.57. The van der Waals surface area contributed by atoms with E-state index in [1.807, 2.05) is 30.6 Å². The summed E-state index contributed by atoms with van der Waals surface area (Å²) in [7, 11) is 0. The topological polar surface area (TPSA) is 41.6 Å². The molecule has 0 radical (unpaired) electrons. The van der Waals surface area contributed by atoms with E-state index < -0.39 is 0 Å². The van der Waals surface area contributed by atoms with Crippen molar-refractivity contribution in [1.82, 2.24) is 15.0 Å². The van der Waals surface area contributed by atoms with E-state index in [-0.39, 0.29) is 0 Å². The number of H-pyrrole nitrogens is 1. The molecule has 3 aromatic heterocycles. The summed E-state index contributed by atoms with van der Waals surface area (Å²) in [5.74, 6) is 0. The van der Waals surface area contributed by atoms with Gasteiger partial charge in [0, 0.05) is 34.2 Å². The van der Waals surface area contributed by atoms with Crippen LogP contribution < -0.4 is 0 Å². The normalized spacial score (nSPS) is 11.3. The second-order valence-electron chi connectivity index (χ2n) is 5.34. The third-order valence-corrected chi connectivity index (χ3v) is 4.08. The van der Waals surface area contributed by atoms with Crippen LogP contribution >= 0.6 is 0 Å². The monoisotopic (exact) mass is 273 g/mol. The van der Waals surface area contributed by atoms with Gasteiger partial charge in [0.25, 0.3) is 0 Å². The molecule has 3 heterocycles. The van der Waals surface area contributed by atoms with Gasteiger partial charge in [0.1, 0.15) is 0 Å². The number of para-hydroxylation sites is 1. The van der Waals surface area contributed by atoms with Crippen molar-refractivity contribution in [3.63, 3.8) is 0 Å². The Morgan fingerprint density at radius 3 is 2.62 bits per heavy atom. The van der Waals surface area contributed by atoms with Gasteiger partial charge in [0.2, 0.25) is 0 Å². The first kappa shape index (κ1) is 12.1. The average Bonchev–Trinajstić information content (AvgIpc) is 2.85. The molecule has 0 aliphatic heterocycles. The fraction of sp³-hybridized carbons (Fsp3) is 0.111. The largest absolute Gasteiger partial charge is 0.353 e. The van der Waals surface area contributed by atoms with Crippen LogP contribution in [0, 0.1) is 13.8 Å². The Hall–Kier alpha value is -2.68. The molecule has 1 aromatic carbocycles. The molecule has 4 rings (SSSR count). The standard InChI is InChI=1S/C18H15N3/c1-11-14-7-3-4-8-15(14)21-18(11)17-12(2)16-13(10-20-17)6-5-9-19-16/h3-10,21H,1-2H3. The molecular formula is C18H15N3. The zero-order valence-corrected chi connectivity index (χ0v) is 12.0. The summed E-state index contributed by atoms with van der Waals surface area (Å²) in [4.78, 5) is 12.7. The predicted octanol–water partition coefficient (Wildman–Crippen LogP) is 4.39. The quantitative estimate of drug-likeness (QED) is 0.558. The number of aryl methyl sites for hydroxylation is 2. The van der Waals surface area contributed by atoms with Crippen molar-refractivity contribution in [1.29, 1.82) is 0 Å². The molecule has 0 fully saturated rings. The molecule has 0 saturated carbocycles. The van der Waals surface area contributed by atoms with Crippen molar-refractivity contribution in [3.8, 4) is 11.4 Å². The van der Waals surface area contributed by atoms with Crippen molar-refractivity contribution in [2.24, 2.45) is 0 Å². The maximum Gasteiger partial charge on any atom is 0.0918 e. The smallest absolute Gasteiger partial charge is 0.0918 e. The van der Waals surface area contributed by atoms with Crippen LogP contribution in [0.1, 0.15) is 11.1 Å². The van der Waals surface area contributed by atoms with Crippen LogP contribution in [0.2, 0.25) is 0 Å². The third kappa shape index (κ3) is 1.74. The summed E-state index contributed by atoms with van der Waals surface area (Å²) in [6, 6.07) is 12.3. The van der Waals surface area contributed by atoms with E-state index in [2.05, 4.69) is 47.0 Å². The van der Waals surface area contributed by atoms with Gasteiger partial charge >= 0.3 is 0 Å². The highest BCUT2D eigenvalue weighted by molar-refractivity contribution is 5.93. The fourth-order valence-corrected chi connectivity index (χ4v) is 2.95. The molecule has 0 saturated heterocycles. The van der Waals surface area contributed by atoms with E-state index in [9.17, 15) is 0 Å². The number of rotatable bonds is 1. The maximum atomic E-state index is 4.66. The summed E-state index contributed by atoms with van der Waals surface area (Å²) >= 11 is 0. The van der Waals surface area contributed by atoms with Crippen LogP contribution in [-0.2, 0) is 0 Å². The van der Waals surface area contributed by atoms with Crippen LogP contribution in [0.3, 0.4) is 0 Å². The Morgan fingerprint density at radius 2 is 1.76 bits per heavy atom. The van der Waals surface area contributed by atoms with Gasteiger partial charge in [-0.25, -0.2) is 0 Å². The fourth-order valence-electron chi connectivity index (χ4n) is 2.95. The molecule has 0 spiro atoms. The first-order valence-electron chi connectivity index (χ1n) is 7.03. The lowest BCUT2D eigenvalue weighted by Crippen LogP contribution is -1.93. The van der Waals surface area contributed by atoms with Gasteiger partial charge in [-0.3, -0.25) is 9.97 Å². The minimum atomic E-state index is 0.981. The Morgan fingerprint density at radius 1 is 0.905 bits per heavy atom. The van der Waals surface area contributed by atoms with Crippen molar-refractivity contribution >= 4 is 21.8 Å². The maximum absolute atomic E-state index is 4.66. The average molecular weight is 273 g/mol. The SMILES string of the molecule is Cc1c(-c2ncc3cccnc3c2C)[nH]c2ccccc12. The first-order valence-corrected chi connectivity index (χ1v) is 7.03. The highest BCUT2D eigenvalue weighted by Gasteiger charge is 2.14. The lowest BCUT2D eigenvalue weighted by molar-refractivity contribution is 1.24. The molecule has 21 heavy (non-hydrogen) atoms. The first-order chi connectivity index (χ1) is 10.3. The van der Waals surface area contributed by atoms with Crippen LogP contribution in [0.5, 0.6) is 0 Å². The van der Waals surface area contributed by atoms with E-state index in [1.165, 1.54) is 10.9 Å². The van der Waals surface area contributed by atoms with Crippen LogP contribution in [-0.4, -0.2) is 15.0 Å². The van der Waals surface area contributed by atoms with Gasteiger partial charge in [-0.2, -0.15) is 0 Å². The molecule has 102 valence electrons. The lowest BCUT2D eigenvalue weighted by Gasteiger charge is -2.07. The molecule has 0 atom stereocenters. The molecule has 0 amide bonds. The number of fused-ring (bicyclic) bond motifs is 2. The number of hydrogen-bond donors (Lipinski definition) is 1. The van der Waals surface area contributed by atoms with Gasteiger partial charge in [-0.15, -0.1) is 0 Å². The number of aromatic nitrogens is 3. The summed E-state index contributed by atoms with van der Waals surface area (Å²) in [6.45, 7) is 4.22. The Balaban J connectivity index is 2.04. The van der Waals surface area contributed by atoms with Crippen LogP contribution in [0.25, 0.3) is 33.2 Å². The minimum Gasteiger partial charge on any atom is -0.353 e. The molecule has 0 aliphatic carbocycles. The van der Waals surface area contributed by atoms with E-state index in [4.69, 9.17) is 0 Å². The van der Waals surface area contributed by atoms with Gasteiger partial charge in [-0.05, 0) is 37.6 Å². The molecule has 0 unspecified atom stereocenters. The summed E-state index contributed by atoms with van der Waals surface area (Å²) in [5, 5.41) is 2.32. The van der Waals surface area contributed by atoms with Crippen molar-refractivity contribution in [2.45, 2.75) is 13.8 Å². The number of aromatic amines is 1. The van der Waals surface area contributed by atoms with Crippen LogP contribution in [0.15, 0.2) is 48.8 Å². The number of nitrogens with zero attached hydrogens (tertiary/aromatic N) is 2. The zero-order valence-electron chi connectivity index (χ0n) is 12.0. The van der Waals surface area contributed by atoms with Gasteiger partial charge in [0.05, 0.1) is 16.9 Å². The number of pyridine rings is 2. The second kappa shape index (κ2) is 4.42. The molecule has 3 heteroatoms. The second-order valence-corrected chi connectivity index (χ2v) is 5.34. The van der Waals surface area contributed by atoms with E-state index in [1.54, 1.807) is 0 Å². The summed E-state index contributed by atoms with van der Waals surface area (Å²) < 4.78 is 0. The lowest BCUT2D eigenvalue weighted by atomic mass is 10.1. The molecule has 3 nitrogen and oxygen atoms in total. The summed E-state index contributed by atoms with van der Waals surface area (Å²) in [6.07, 6.45) is 3.73. The Kier molecular flexibility index (Phi) is 2.54. The van der Waals surface area contributed by atoms with Gasteiger partial charge in [0.15, 0.2) is 0 Å². The Labute approximate surface area is 122 Å². The van der Waals surface area contributed by atoms with E-state index in [0.29, 0.717) is 0 Å². The van der Waals surface area contributed by atoms with Crippen molar-refractivity contribution < 1.29 is 0 Å². The van der Waals surface area contributed by atoms with Gasteiger partial charge < -0.3 is 4.98 Å². The van der Waals surface area contributed by atoms with Crippen LogP contribution in [0.4, 0.5) is 0 Å². The van der Waals surface area contributed by atoms with Crippen molar-refractivity contribution in [2.75, 3.05) is 0 Å². The number of benzene rings is 1. The zero-order chi connectivity index (χ0) is 14.4. The molecule has 1 N–H and O–H groups in total. The van der Waals surface area contributed by atoms with Gasteiger partial charge in [-0.1, -0.05) is 18.2 Å². The minimum absolute atomic E-state index is 0.981. The van der Waals surface area contributed by atoms with E-state index in [0.717, 1.165) is 33.4 Å². The highest BCUT2D eigenvalue weighted by Crippen LogP contribution is 2.32. The molecule has 0 bridgehead atoms. The highest BCUT2D eigenvalue weighted by atomic mass is 14.8. The Bertz CT molecular complexity index is 967. The molecule has 4 aromatic rings. The molecule has 0 aliphatic rings.